The Hall–Kier alpha value is -1.74. The summed E-state index contributed by atoms with van der Waals surface area (Å²) in [6, 6.07) is 0. The van der Waals surface area contributed by atoms with E-state index in [1.165, 1.54) is 5.57 Å². The van der Waals surface area contributed by atoms with Gasteiger partial charge < -0.3 is 5.11 Å². The number of hydrogen-bond acceptors (Lipinski definition) is 3. The smallest absolute Gasteiger partial charge is 0.272 e. The van der Waals surface area contributed by atoms with Crippen molar-refractivity contribution in [1.29, 1.82) is 0 Å². The number of likely N-dealkylation sites (tertiary alicyclic amines) is 1. The molecule has 1 N–H and O–H groups in total. The Bertz CT molecular complexity index is 1250. The summed E-state index contributed by atoms with van der Waals surface area (Å²) in [7, 11) is 0. The molecule has 0 aromatic rings. The van der Waals surface area contributed by atoms with Crippen molar-refractivity contribution in [2.75, 3.05) is 19.6 Å². The van der Waals surface area contributed by atoms with Crippen LogP contribution in [0.25, 0.3) is 4.85 Å². The molecule has 1 saturated heterocycles. The highest BCUT2D eigenvalue weighted by Crippen LogP contribution is 2.75. The van der Waals surface area contributed by atoms with Crippen molar-refractivity contribution >= 4 is 5.78 Å². The lowest BCUT2D eigenvalue weighted by atomic mass is 9.34. The molecule has 0 bridgehead atoms. The normalized spacial score (nSPS) is 47.0. The Kier molecular flexibility index (Phi) is 5.82. The van der Waals surface area contributed by atoms with Crippen LogP contribution in [0.4, 0.5) is 8.78 Å². The molecule has 0 spiro atoms. The number of ketones is 1. The van der Waals surface area contributed by atoms with Gasteiger partial charge in [-0.05, 0) is 96.4 Å². The van der Waals surface area contributed by atoms with E-state index in [2.05, 4.69) is 53.3 Å². The SMILES string of the molecule is [C-]#[N+]C1=C(O)C(C)(C)[C@@H]2CC[C@]3(C)C(=CC(=O)[C@@H]4[C@@H]5CC(C)(C)CC[C@]5(CN5CC(F)(F)C5)CC[C@]43C)[C@@]2(C)C1. The van der Waals surface area contributed by atoms with Crippen LogP contribution in [0.15, 0.2) is 23.1 Å². The molecule has 4 nitrogen and oxygen atoms in total. The Morgan fingerprint density at radius 1 is 1.02 bits per heavy atom. The van der Waals surface area contributed by atoms with Gasteiger partial charge in [0.15, 0.2) is 5.78 Å². The van der Waals surface area contributed by atoms with Gasteiger partial charge in [0, 0.05) is 17.9 Å². The van der Waals surface area contributed by atoms with Crippen molar-refractivity contribution in [3.8, 4) is 0 Å². The predicted octanol–water partition coefficient (Wildman–Crippen LogP) is 8.22. The molecule has 6 rings (SSSR count). The van der Waals surface area contributed by atoms with Crippen molar-refractivity contribution in [2.24, 2.45) is 50.2 Å². The first-order chi connectivity index (χ1) is 18.3. The van der Waals surface area contributed by atoms with Crippen LogP contribution in [0.5, 0.6) is 0 Å². The summed E-state index contributed by atoms with van der Waals surface area (Å²) in [4.78, 5) is 20.3. The average molecular weight is 555 g/mol. The molecule has 0 unspecified atom stereocenters. The third-order valence-corrected chi connectivity index (χ3v) is 13.7. The predicted molar refractivity (Wildman–Crippen MR) is 152 cm³/mol. The highest BCUT2D eigenvalue weighted by molar-refractivity contribution is 5.95. The van der Waals surface area contributed by atoms with Crippen LogP contribution < -0.4 is 0 Å². The third-order valence-electron chi connectivity index (χ3n) is 13.7. The molecule has 40 heavy (non-hydrogen) atoms. The maximum absolute atomic E-state index is 14.6. The van der Waals surface area contributed by atoms with Gasteiger partial charge in [-0.25, -0.2) is 13.6 Å². The highest BCUT2D eigenvalue weighted by atomic mass is 19.3. The second-order valence-electron chi connectivity index (χ2n) is 16.8. The van der Waals surface area contributed by atoms with Gasteiger partial charge in [0.1, 0.15) is 5.76 Å². The van der Waals surface area contributed by atoms with E-state index < -0.39 is 11.3 Å². The fourth-order valence-electron chi connectivity index (χ4n) is 11.4. The number of carbonyl (C=O) groups excluding carboxylic acids is 1. The molecule has 4 fully saturated rings. The van der Waals surface area contributed by atoms with Gasteiger partial charge in [0.25, 0.3) is 5.92 Å². The first-order valence-electron chi connectivity index (χ1n) is 15.5. The zero-order valence-corrected chi connectivity index (χ0v) is 25.6. The maximum Gasteiger partial charge on any atom is 0.272 e. The molecule has 1 aliphatic heterocycles. The summed E-state index contributed by atoms with van der Waals surface area (Å²) >= 11 is 0. The number of fused-ring (bicyclic) bond motifs is 7. The summed E-state index contributed by atoms with van der Waals surface area (Å²) in [5, 5.41) is 11.1. The minimum absolute atomic E-state index is 0.0900. The average Bonchev–Trinajstić information content (AvgIpc) is 2.82. The van der Waals surface area contributed by atoms with Gasteiger partial charge in [0.05, 0.1) is 19.7 Å². The number of halogens is 2. The van der Waals surface area contributed by atoms with Crippen LogP contribution in [0.1, 0.15) is 99.8 Å². The fourth-order valence-corrected chi connectivity index (χ4v) is 11.4. The fraction of sp³-hybridized carbons (Fsp3) is 0.824. The van der Waals surface area contributed by atoms with Crippen molar-refractivity contribution in [3.05, 3.63) is 34.5 Å². The first kappa shape index (κ1) is 28.4. The van der Waals surface area contributed by atoms with Gasteiger partial charge in [0.2, 0.25) is 5.70 Å². The summed E-state index contributed by atoms with van der Waals surface area (Å²) in [5.74, 6) is -1.91. The third kappa shape index (κ3) is 3.58. The van der Waals surface area contributed by atoms with E-state index >= 15 is 0 Å². The van der Waals surface area contributed by atoms with E-state index in [-0.39, 0.29) is 69.5 Å². The van der Waals surface area contributed by atoms with Gasteiger partial charge in [-0.2, -0.15) is 0 Å². The van der Waals surface area contributed by atoms with Crippen LogP contribution in [0, 0.1) is 56.8 Å². The summed E-state index contributed by atoms with van der Waals surface area (Å²) < 4.78 is 27.8. The minimum atomic E-state index is -2.58. The first-order valence-corrected chi connectivity index (χ1v) is 15.5. The maximum atomic E-state index is 14.6. The molecule has 0 aromatic heterocycles. The number of alkyl halides is 2. The lowest BCUT2D eigenvalue weighted by Crippen LogP contribution is -2.67. The molecule has 1 heterocycles. The van der Waals surface area contributed by atoms with E-state index in [9.17, 15) is 18.7 Å². The number of carbonyl (C=O) groups is 1. The number of allylic oxidation sites excluding steroid dienone is 4. The summed E-state index contributed by atoms with van der Waals surface area (Å²) in [6.07, 6.45) is 9.35. The summed E-state index contributed by atoms with van der Waals surface area (Å²) in [5.41, 5.74) is 0.371. The van der Waals surface area contributed by atoms with Crippen LogP contribution in [-0.4, -0.2) is 41.3 Å². The molecule has 6 aliphatic rings. The molecule has 0 amide bonds. The van der Waals surface area contributed by atoms with Crippen molar-refractivity contribution in [1.82, 2.24) is 4.90 Å². The molecule has 220 valence electrons. The van der Waals surface area contributed by atoms with E-state index in [4.69, 9.17) is 6.57 Å². The van der Waals surface area contributed by atoms with Gasteiger partial charge in [-0.15, -0.1) is 0 Å². The molecular weight excluding hydrogens is 506 g/mol. The Morgan fingerprint density at radius 3 is 2.30 bits per heavy atom. The molecular formula is C34H48F2N2O2. The quantitative estimate of drug-likeness (QED) is 0.350. The van der Waals surface area contributed by atoms with Crippen molar-refractivity contribution in [3.63, 3.8) is 0 Å². The molecule has 7 atom stereocenters. The topological polar surface area (TPSA) is 44.9 Å². The van der Waals surface area contributed by atoms with E-state index in [0.717, 1.165) is 44.9 Å². The monoisotopic (exact) mass is 554 g/mol. The Morgan fingerprint density at radius 2 is 1.68 bits per heavy atom. The van der Waals surface area contributed by atoms with Crippen molar-refractivity contribution in [2.45, 2.75) is 106 Å². The zero-order valence-electron chi connectivity index (χ0n) is 25.6. The molecule has 0 radical (unpaired) electrons. The van der Waals surface area contributed by atoms with E-state index in [1.54, 1.807) is 0 Å². The number of hydrogen-bond donors (Lipinski definition) is 1. The number of aliphatic hydroxyl groups excluding tert-OH is 1. The summed E-state index contributed by atoms with van der Waals surface area (Å²) in [6.45, 7) is 24.0. The van der Waals surface area contributed by atoms with Crippen LogP contribution in [-0.2, 0) is 4.79 Å². The number of aliphatic hydroxyl groups is 1. The number of rotatable bonds is 2. The van der Waals surface area contributed by atoms with Gasteiger partial charge >= 0.3 is 0 Å². The minimum Gasteiger partial charge on any atom is -0.523 e. The Balaban J connectivity index is 1.44. The second kappa shape index (κ2) is 8.21. The van der Waals surface area contributed by atoms with Crippen LogP contribution >= 0.6 is 0 Å². The standard InChI is InChI=1S/C34H48F2N2O2/c1-28(2)11-13-33(18-38-19-34(35,36)20-38)14-12-32(7)26(21(33)16-28)23(39)15-25-30(5)17-22(37-8)27(40)29(3,4)24(30)9-10-31(25,32)6/h15,21,24,26,40H,9-14,16-20H2,1-7H3/t21-,24-,26-,30-,31+,32+,33+/m0/s1. The molecule has 0 aromatic carbocycles. The largest absolute Gasteiger partial charge is 0.523 e. The van der Waals surface area contributed by atoms with Crippen LogP contribution in [0.3, 0.4) is 0 Å². The molecule has 5 aliphatic carbocycles. The zero-order chi connectivity index (χ0) is 29.3. The lowest BCUT2D eigenvalue weighted by Gasteiger charge is -2.70. The van der Waals surface area contributed by atoms with Gasteiger partial charge in [-0.1, -0.05) is 54.0 Å². The highest BCUT2D eigenvalue weighted by Gasteiger charge is 2.70. The van der Waals surface area contributed by atoms with Gasteiger partial charge in [-0.3, -0.25) is 9.69 Å². The molecule has 6 heteroatoms. The van der Waals surface area contributed by atoms with E-state index in [0.29, 0.717) is 18.7 Å². The number of nitrogens with zero attached hydrogens (tertiary/aromatic N) is 2. The Labute approximate surface area is 239 Å². The van der Waals surface area contributed by atoms with Crippen LogP contribution in [0.2, 0.25) is 0 Å². The molecule has 3 saturated carbocycles. The van der Waals surface area contributed by atoms with E-state index in [1.807, 2.05) is 11.0 Å². The van der Waals surface area contributed by atoms with Crippen molar-refractivity contribution < 1.29 is 18.7 Å². The second-order valence-corrected chi connectivity index (χ2v) is 16.8. The lowest BCUT2D eigenvalue weighted by molar-refractivity contribution is -0.193.